The van der Waals surface area contributed by atoms with Gasteiger partial charge in [-0.25, -0.2) is 13.2 Å². The molecule has 0 aliphatic carbocycles. The molecular weight excluding hydrogens is 314 g/mol. The highest BCUT2D eigenvalue weighted by atomic mass is 35.5. The van der Waals surface area contributed by atoms with Crippen LogP contribution in [0.2, 0.25) is 5.02 Å². The summed E-state index contributed by atoms with van der Waals surface area (Å²) in [5.74, 6) is -0.742. The summed E-state index contributed by atoms with van der Waals surface area (Å²) < 4.78 is 23.3. The van der Waals surface area contributed by atoms with Crippen molar-refractivity contribution in [3.8, 4) is 0 Å². The summed E-state index contributed by atoms with van der Waals surface area (Å²) in [4.78, 5) is 12.6. The molecule has 0 radical (unpaired) electrons. The summed E-state index contributed by atoms with van der Waals surface area (Å²) in [5.41, 5.74) is 1.47. The third-order valence-corrected chi connectivity index (χ3v) is 5.24. The molecule has 1 saturated heterocycles. The van der Waals surface area contributed by atoms with Crippen molar-refractivity contribution in [3.05, 3.63) is 34.9 Å². The second kappa shape index (κ2) is 6.49. The molecule has 1 aliphatic rings. The van der Waals surface area contributed by atoms with Crippen molar-refractivity contribution < 1.29 is 18.3 Å². The molecule has 2 rings (SSSR count). The van der Waals surface area contributed by atoms with Crippen LogP contribution in [0, 0.1) is 0 Å². The summed E-state index contributed by atoms with van der Waals surface area (Å²) in [6.07, 6.45) is 3.08. The van der Waals surface area contributed by atoms with Crippen LogP contribution in [-0.2, 0) is 14.6 Å². The maximum atomic E-state index is 11.7. The first kappa shape index (κ1) is 15.9. The molecule has 1 aromatic rings. The zero-order valence-electron chi connectivity index (χ0n) is 11.3. The third kappa shape index (κ3) is 4.47. The van der Waals surface area contributed by atoms with Crippen LogP contribution < -0.4 is 4.90 Å². The lowest BCUT2D eigenvalue weighted by atomic mass is 10.1. The van der Waals surface area contributed by atoms with E-state index in [1.54, 1.807) is 18.2 Å². The Morgan fingerprint density at radius 2 is 2.05 bits per heavy atom. The van der Waals surface area contributed by atoms with Crippen LogP contribution >= 0.6 is 11.6 Å². The van der Waals surface area contributed by atoms with Gasteiger partial charge < -0.3 is 10.0 Å². The number of carboxylic acid groups (broad SMARTS) is 1. The van der Waals surface area contributed by atoms with E-state index >= 15 is 0 Å². The van der Waals surface area contributed by atoms with Gasteiger partial charge in [0.05, 0.1) is 11.5 Å². The molecule has 7 heteroatoms. The van der Waals surface area contributed by atoms with Gasteiger partial charge >= 0.3 is 5.97 Å². The van der Waals surface area contributed by atoms with Crippen molar-refractivity contribution in [1.82, 2.24) is 0 Å². The normalized spacial score (nSPS) is 18.6. The highest BCUT2D eigenvalue weighted by Gasteiger charge is 2.20. The number of rotatable bonds is 3. The molecule has 0 aromatic heterocycles. The number of sulfone groups is 1. The van der Waals surface area contributed by atoms with E-state index in [1.807, 2.05) is 4.90 Å². The van der Waals surface area contributed by atoms with Gasteiger partial charge in [0, 0.05) is 29.9 Å². The minimum Gasteiger partial charge on any atom is -0.478 e. The zero-order valence-corrected chi connectivity index (χ0v) is 12.9. The molecule has 0 amide bonds. The highest BCUT2D eigenvalue weighted by Crippen LogP contribution is 2.27. The van der Waals surface area contributed by atoms with Crippen molar-refractivity contribution in [2.75, 3.05) is 29.5 Å². The predicted molar refractivity (Wildman–Crippen MR) is 83.6 cm³/mol. The number of anilines is 1. The Kier molecular flexibility index (Phi) is 4.90. The number of hydrogen-bond acceptors (Lipinski definition) is 4. The molecule has 1 aromatic carbocycles. The van der Waals surface area contributed by atoms with Crippen LogP contribution in [0.25, 0.3) is 6.08 Å². The number of nitrogens with zero attached hydrogens (tertiary/aromatic N) is 1. The summed E-state index contributed by atoms with van der Waals surface area (Å²) in [6.45, 7) is 1.02. The van der Waals surface area contributed by atoms with Gasteiger partial charge in [0.25, 0.3) is 0 Å². The van der Waals surface area contributed by atoms with Crippen LogP contribution in [0.3, 0.4) is 0 Å². The Balaban J connectivity index is 2.32. The molecule has 1 aliphatic heterocycles. The monoisotopic (exact) mass is 329 g/mol. The molecular formula is C14H16ClNO4S. The molecule has 1 fully saturated rings. The van der Waals surface area contributed by atoms with E-state index in [0.29, 0.717) is 30.1 Å². The molecule has 5 nitrogen and oxygen atoms in total. The fourth-order valence-electron chi connectivity index (χ4n) is 2.29. The van der Waals surface area contributed by atoms with E-state index in [0.717, 1.165) is 11.8 Å². The maximum absolute atomic E-state index is 11.7. The van der Waals surface area contributed by atoms with Crippen LogP contribution in [0.15, 0.2) is 24.3 Å². The van der Waals surface area contributed by atoms with Gasteiger partial charge in [-0.15, -0.1) is 0 Å². The van der Waals surface area contributed by atoms with Crippen LogP contribution in [0.1, 0.15) is 12.0 Å². The van der Waals surface area contributed by atoms with Crippen molar-refractivity contribution in [2.45, 2.75) is 6.42 Å². The minimum absolute atomic E-state index is 0.109. The molecule has 0 saturated carbocycles. The quantitative estimate of drug-likeness (QED) is 0.859. The fourth-order valence-corrected chi connectivity index (χ4v) is 3.74. The molecule has 21 heavy (non-hydrogen) atoms. The molecule has 0 bridgehead atoms. The SMILES string of the molecule is O=C(O)/C=C/c1cc(Cl)ccc1N1CCCS(=O)(=O)CC1. The van der Waals surface area contributed by atoms with Crippen LogP contribution in [0.5, 0.6) is 0 Å². The van der Waals surface area contributed by atoms with Gasteiger partial charge in [-0.3, -0.25) is 0 Å². The molecule has 0 atom stereocenters. The lowest BCUT2D eigenvalue weighted by Gasteiger charge is -2.24. The van der Waals surface area contributed by atoms with Gasteiger partial charge in [0.15, 0.2) is 9.84 Å². The Labute approximate surface area is 128 Å². The predicted octanol–water partition coefficient (Wildman–Crippen LogP) is 2.06. The summed E-state index contributed by atoms with van der Waals surface area (Å²) in [6, 6.07) is 5.19. The standard InChI is InChI=1S/C14H16ClNO4S/c15-12-3-4-13(11(10-12)2-5-14(17)18)16-6-1-8-21(19,20)9-7-16/h2-5,10H,1,6-9H2,(H,17,18)/b5-2+. The topological polar surface area (TPSA) is 74.7 Å². The van der Waals surface area contributed by atoms with E-state index in [-0.39, 0.29) is 11.5 Å². The Morgan fingerprint density at radius 3 is 2.76 bits per heavy atom. The van der Waals surface area contributed by atoms with Crippen LogP contribution in [-0.4, -0.2) is 44.1 Å². The van der Waals surface area contributed by atoms with Gasteiger partial charge in [0.2, 0.25) is 0 Å². The average molecular weight is 330 g/mol. The van der Waals surface area contributed by atoms with Gasteiger partial charge in [-0.05, 0) is 36.3 Å². The largest absolute Gasteiger partial charge is 0.478 e. The number of hydrogen-bond donors (Lipinski definition) is 1. The molecule has 1 N–H and O–H groups in total. The lowest BCUT2D eigenvalue weighted by Crippen LogP contribution is -2.27. The molecule has 0 unspecified atom stereocenters. The molecule has 0 spiro atoms. The molecule has 1 heterocycles. The third-order valence-electron chi connectivity index (χ3n) is 3.29. The van der Waals surface area contributed by atoms with Crippen molar-refractivity contribution in [2.24, 2.45) is 0 Å². The summed E-state index contributed by atoms with van der Waals surface area (Å²) >= 11 is 5.95. The highest BCUT2D eigenvalue weighted by molar-refractivity contribution is 7.91. The Hall–Kier alpha value is -1.53. The van der Waals surface area contributed by atoms with E-state index in [1.165, 1.54) is 6.08 Å². The first-order valence-electron chi connectivity index (χ1n) is 6.53. The second-order valence-corrected chi connectivity index (χ2v) is 7.61. The van der Waals surface area contributed by atoms with E-state index < -0.39 is 15.8 Å². The number of carbonyl (C=O) groups is 1. The summed E-state index contributed by atoms with van der Waals surface area (Å²) in [5, 5.41) is 9.25. The van der Waals surface area contributed by atoms with Crippen molar-refractivity contribution in [3.63, 3.8) is 0 Å². The van der Waals surface area contributed by atoms with E-state index in [2.05, 4.69) is 0 Å². The lowest BCUT2D eigenvalue weighted by molar-refractivity contribution is -0.131. The summed E-state index contributed by atoms with van der Waals surface area (Å²) in [7, 11) is -2.99. The Bertz CT molecular complexity index is 670. The molecule has 114 valence electrons. The van der Waals surface area contributed by atoms with Crippen LogP contribution in [0.4, 0.5) is 5.69 Å². The van der Waals surface area contributed by atoms with Gasteiger partial charge in [-0.2, -0.15) is 0 Å². The van der Waals surface area contributed by atoms with Crippen molar-refractivity contribution in [1.29, 1.82) is 0 Å². The van der Waals surface area contributed by atoms with Gasteiger partial charge in [-0.1, -0.05) is 11.6 Å². The van der Waals surface area contributed by atoms with E-state index in [4.69, 9.17) is 16.7 Å². The van der Waals surface area contributed by atoms with Crippen molar-refractivity contribution >= 4 is 39.2 Å². The number of halogens is 1. The average Bonchev–Trinajstić information content (AvgIpc) is 2.57. The number of benzene rings is 1. The zero-order chi connectivity index (χ0) is 15.5. The van der Waals surface area contributed by atoms with E-state index in [9.17, 15) is 13.2 Å². The first-order valence-corrected chi connectivity index (χ1v) is 8.73. The minimum atomic E-state index is -2.99. The number of aliphatic carboxylic acids is 1. The smallest absolute Gasteiger partial charge is 0.328 e. The number of carboxylic acids is 1. The maximum Gasteiger partial charge on any atom is 0.328 e. The second-order valence-electron chi connectivity index (χ2n) is 4.87. The Morgan fingerprint density at radius 1 is 1.29 bits per heavy atom. The van der Waals surface area contributed by atoms with Gasteiger partial charge in [0.1, 0.15) is 0 Å². The first-order chi connectivity index (χ1) is 9.87. The fraction of sp³-hybridized carbons (Fsp3) is 0.357.